The zero-order valence-corrected chi connectivity index (χ0v) is 24.9. The number of anilines is 2. The summed E-state index contributed by atoms with van der Waals surface area (Å²) in [6, 6.07) is 19.3. The number of hydrogen-bond acceptors (Lipinski definition) is 7. The van der Waals surface area contributed by atoms with Gasteiger partial charge in [0.1, 0.15) is 21.9 Å². The lowest BCUT2D eigenvalue weighted by Crippen LogP contribution is -2.39. The third-order valence-electron chi connectivity index (χ3n) is 6.70. The number of nitriles is 1. The van der Waals surface area contributed by atoms with Gasteiger partial charge in [-0.25, -0.2) is 4.79 Å². The highest BCUT2D eigenvalue weighted by Gasteiger charge is 2.32. The summed E-state index contributed by atoms with van der Waals surface area (Å²) in [5.41, 5.74) is 2.24. The van der Waals surface area contributed by atoms with E-state index in [1.807, 2.05) is 75.4 Å². The predicted molar refractivity (Wildman–Crippen MR) is 161 cm³/mol. The molecule has 1 aromatic heterocycles. The Bertz CT molecular complexity index is 1500. The summed E-state index contributed by atoms with van der Waals surface area (Å²) in [4.78, 5) is 42.1. The van der Waals surface area contributed by atoms with Gasteiger partial charge in [-0.15, -0.1) is 23.1 Å². The molecular weight excluding hydrogens is 556 g/mol. The molecule has 1 aliphatic heterocycles. The minimum Gasteiger partial charge on any atom is -0.444 e. The molecule has 5 rings (SSSR count). The van der Waals surface area contributed by atoms with Crippen LogP contribution in [-0.2, 0) is 27.3 Å². The Morgan fingerprint density at radius 2 is 1.85 bits per heavy atom. The lowest BCUT2D eigenvalue weighted by atomic mass is 10.0. The molecule has 41 heavy (non-hydrogen) atoms. The summed E-state index contributed by atoms with van der Waals surface area (Å²) in [6.45, 7) is 6.25. The Balaban J connectivity index is 1.35. The van der Waals surface area contributed by atoms with Gasteiger partial charge in [0.2, 0.25) is 11.8 Å². The van der Waals surface area contributed by atoms with Crippen LogP contribution in [-0.4, -0.2) is 35.0 Å². The van der Waals surface area contributed by atoms with Crippen molar-refractivity contribution in [2.45, 2.75) is 62.3 Å². The predicted octanol–water partition coefficient (Wildman–Crippen LogP) is 6.73. The van der Waals surface area contributed by atoms with Crippen molar-refractivity contribution in [3.05, 3.63) is 76.2 Å². The van der Waals surface area contributed by atoms with E-state index in [4.69, 9.17) is 4.74 Å². The molecule has 10 heteroatoms. The van der Waals surface area contributed by atoms with E-state index in [1.165, 1.54) is 23.1 Å². The van der Waals surface area contributed by atoms with Crippen molar-refractivity contribution in [1.82, 2.24) is 4.90 Å². The number of nitrogens with zero attached hydrogens (tertiary/aromatic N) is 2. The Hall–Kier alpha value is -3.81. The second-order valence-electron chi connectivity index (χ2n) is 11.2. The van der Waals surface area contributed by atoms with Gasteiger partial charge < -0.3 is 20.3 Å². The number of ether oxygens (including phenoxy) is 1. The van der Waals surface area contributed by atoms with Gasteiger partial charge in [0.25, 0.3) is 0 Å². The molecule has 0 spiro atoms. The van der Waals surface area contributed by atoms with E-state index in [9.17, 15) is 19.6 Å². The van der Waals surface area contributed by atoms with Crippen molar-refractivity contribution in [2.24, 2.45) is 5.92 Å². The summed E-state index contributed by atoms with van der Waals surface area (Å²) in [5, 5.41) is 15.9. The molecule has 3 amide bonds. The van der Waals surface area contributed by atoms with Gasteiger partial charge >= 0.3 is 6.09 Å². The summed E-state index contributed by atoms with van der Waals surface area (Å²) in [6.07, 6.45) is 1.97. The fraction of sp³-hybridized carbons (Fsp3) is 0.355. The number of amides is 3. The van der Waals surface area contributed by atoms with Crippen LogP contribution >= 0.6 is 23.1 Å². The highest BCUT2D eigenvalue weighted by Crippen LogP contribution is 2.41. The summed E-state index contributed by atoms with van der Waals surface area (Å²) in [5.74, 6) is -0.135. The molecule has 8 nitrogen and oxygen atoms in total. The van der Waals surface area contributed by atoms with Crippen LogP contribution in [0.3, 0.4) is 0 Å². The first kappa shape index (κ1) is 28.7. The first-order valence-corrected chi connectivity index (χ1v) is 15.3. The van der Waals surface area contributed by atoms with Crippen LogP contribution in [0.1, 0.15) is 60.4 Å². The molecule has 0 saturated heterocycles. The van der Waals surface area contributed by atoms with Crippen molar-refractivity contribution in [3.63, 3.8) is 0 Å². The minimum atomic E-state index is -0.602. The van der Waals surface area contributed by atoms with E-state index in [1.54, 1.807) is 4.90 Å². The number of rotatable bonds is 7. The average molecular weight is 589 g/mol. The molecule has 1 fully saturated rings. The molecule has 0 bridgehead atoms. The highest BCUT2D eigenvalue weighted by molar-refractivity contribution is 8.00. The van der Waals surface area contributed by atoms with Crippen LogP contribution in [0.15, 0.2) is 59.5 Å². The summed E-state index contributed by atoms with van der Waals surface area (Å²) >= 11 is 2.71. The number of carbonyl (C=O) groups is 3. The lowest BCUT2D eigenvalue weighted by molar-refractivity contribution is -0.117. The van der Waals surface area contributed by atoms with Gasteiger partial charge in [-0.1, -0.05) is 36.4 Å². The largest absolute Gasteiger partial charge is 0.444 e. The van der Waals surface area contributed by atoms with E-state index < -0.39 is 16.9 Å². The molecule has 1 saturated carbocycles. The van der Waals surface area contributed by atoms with Crippen LogP contribution in [0.25, 0.3) is 0 Å². The maximum atomic E-state index is 13.8. The molecule has 1 aliphatic carbocycles. The van der Waals surface area contributed by atoms with Crippen molar-refractivity contribution in [1.29, 1.82) is 5.26 Å². The number of nitrogens with one attached hydrogen (secondary N) is 2. The van der Waals surface area contributed by atoms with Crippen LogP contribution in [0.5, 0.6) is 0 Å². The molecule has 1 atom stereocenters. The third kappa shape index (κ3) is 7.10. The molecule has 3 aromatic rings. The monoisotopic (exact) mass is 588 g/mol. The maximum absolute atomic E-state index is 13.8. The first-order chi connectivity index (χ1) is 19.6. The van der Waals surface area contributed by atoms with Gasteiger partial charge in [0.05, 0.1) is 12.1 Å². The Morgan fingerprint density at radius 1 is 1.10 bits per heavy atom. The summed E-state index contributed by atoms with van der Waals surface area (Å²) < 4.78 is 5.53. The normalized spacial score (nSPS) is 15.3. The molecule has 2 heterocycles. The Labute approximate surface area is 248 Å². The number of thiophene rings is 1. The van der Waals surface area contributed by atoms with Crippen LogP contribution in [0, 0.1) is 17.2 Å². The number of benzene rings is 2. The second kappa shape index (κ2) is 12.0. The molecular formula is C31H32N4O4S2. The van der Waals surface area contributed by atoms with Crippen molar-refractivity contribution in [3.8, 4) is 6.07 Å². The number of fused-ring (bicyclic) bond motifs is 1. The van der Waals surface area contributed by atoms with Crippen LogP contribution < -0.4 is 10.6 Å². The molecule has 2 N–H and O–H groups in total. The van der Waals surface area contributed by atoms with Gasteiger partial charge in [-0.3, -0.25) is 9.59 Å². The van der Waals surface area contributed by atoms with Gasteiger partial charge in [0.15, 0.2) is 0 Å². The zero-order chi connectivity index (χ0) is 29.1. The Kier molecular flexibility index (Phi) is 8.38. The third-order valence-corrected chi connectivity index (χ3v) is 9.08. The Morgan fingerprint density at radius 3 is 2.54 bits per heavy atom. The van der Waals surface area contributed by atoms with Gasteiger partial charge in [0, 0.05) is 27.9 Å². The molecule has 1 unspecified atom stereocenters. The van der Waals surface area contributed by atoms with Gasteiger partial charge in [-0.2, -0.15) is 5.26 Å². The fourth-order valence-corrected chi connectivity index (χ4v) is 6.84. The average Bonchev–Trinajstić information content (AvgIpc) is 3.73. The van der Waals surface area contributed by atoms with Crippen molar-refractivity contribution >= 4 is 51.7 Å². The quantitative estimate of drug-likeness (QED) is 0.296. The smallest absolute Gasteiger partial charge is 0.410 e. The van der Waals surface area contributed by atoms with Crippen LogP contribution in [0.4, 0.5) is 15.5 Å². The molecule has 2 aliphatic rings. The molecule has 2 aromatic carbocycles. The van der Waals surface area contributed by atoms with E-state index in [2.05, 4.69) is 16.7 Å². The van der Waals surface area contributed by atoms with E-state index >= 15 is 0 Å². The number of thioether (sulfide) groups is 1. The van der Waals surface area contributed by atoms with Crippen molar-refractivity contribution < 1.29 is 19.1 Å². The second-order valence-corrected chi connectivity index (χ2v) is 13.4. The van der Waals surface area contributed by atoms with E-state index in [0.717, 1.165) is 33.7 Å². The zero-order valence-electron chi connectivity index (χ0n) is 23.2. The highest BCUT2D eigenvalue weighted by atomic mass is 32.2. The van der Waals surface area contributed by atoms with Crippen LogP contribution in [0.2, 0.25) is 0 Å². The number of hydrogen-bond donors (Lipinski definition) is 2. The van der Waals surface area contributed by atoms with Crippen molar-refractivity contribution in [2.75, 3.05) is 17.2 Å². The first-order valence-electron chi connectivity index (χ1n) is 13.6. The topological polar surface area (TPSA) is 112 Å². The van der Waals surface area contributed by atoms with E-state index in [0.29, 0.717) is 35.8 Å². The molecule has 212 valence electrons. The van der Waals surface area contributed by atoms with E-state index in [-0.39, 0.29) is 17.7 Å². The fourth-order valence-electron chi connectivity index (χ4n) is 4.54. The minimum absolute atomic E-state index is 0.0282. The maximum Gasteiger partial charge on any atom is 0.410 e. The van der Waals surface area contributed by atoms with Gasteiger partial charge in [-0.05, 0) is 69.4 Å². The summed E-state index contributed by atoms with van der Waals surface area (Å²) in [7, 11) is 0. The number of carbonyl (C=O) groups excluding carboxylic acids is 3. The SMILES string of the molecule is CC(C)(C)OC(=O)N1CCc2c(sc(NC(=O)C(Sc3cccc(NC(=O)C4CC4)c3)c3ccccc3)c2C#N)C1. The lowest BCUT2D eigenvalue weighted by Gasteiger charge is -2.29. The standard InChI is InChI=1S/C31H32N4O4S2/c1-31(2,3)39-30(38)35-15-14-23-24(17-32)29(41-25(23)18-35)34-28(37)26(19-8-5-4-6-9-19)40-22-11-7-10-21(16-22)33-27(36)20-12-13-20/h4-11,16,20,26H,12-15,18H2,1-3H3,(H,33,36)(H,34,37). The molecule has 0 radical (unpaired) electrons.